The number of para-hydroxylation sites is 1. The lowest BCUT2D eigenvalue weighted by Crippen LogP contribution is -2.54. The predicted octanol–water partition coefficient (Wildman–Crippen LogP) is 4.60. The molecule has 0 saturated carbocycles. The first-order valence-corrected chi connectivity index (χ1v) is 10.3. The minimum atomic E-state index is -0.685. The third-order valence-corrected chi connectivity index (χ3v) is 5.56. The largest absolute Gasteiger partial charge is 0.317 e. The van der Waals surface area contributed by atoms with E-state index in [0.29, 0.717) is 5.69 Å². The van der Waals surface area contributed by atoms with E-state index >= 15 is 0 Å². The number of nitrogens with one attached hydrogen (secondary N) is 1. The molecular weight excluding hydrogens is 425 g/mol. The van der Waals surface area contributed by atoms with Crippen LogP contribution in [0.15, 0.2) is 90.6 Å². The minimum absolute atomic E-state index is 0.0155. The Hall–Kier alpha value is -4.10. The van der Waals surface area contributed by atoms with Crippen LogP contribution in [0.4, 0.5) is 10.1 Å². The molecule has 0 radical (unpaired) electrons. The third kappa shape index (κ3) is 3.38. The van der Waals surface area contributed by atoms with Crippen LogP contribution < -0.4 is 10.2 Å². The van der Waals surface area contributed by atoms with Crippen molar-refractivity contribution in [1.82, 2.24) is 9.88 Å². The molecule has 2 heterocycles. The maximum atomic E-state index is 14.3. The summed E-state index contributed by atoms with van der Waals surface area (Å²) < 4.78 is 16.2. The number of hydrogen-bond acceptors (Lipinski definition) is 3. The second-order valence-electron chi connectivity index (χ2n) is 7.24. The first kappa shape index (κ1) is 19.8. The molecule has 1 saturated heterocycles. The van der Waals surface area contributed by atoms with Crippen LogP contribution in [0.2, 0.25) is 0 Å². The number of anilines is 1. The Balaban J connectivity index is 1.57. The molecule has 0 aliphatic carbocycles. The van der Waals surface area contributed by atoms with Crippen molar-refractivity contribution in [2.45, 2.75) is 0 Å². The van der Waals surface area contributed by atoms with Crippen LogP contribution >= 0.6 is 12.2 Å². The summed E-state index contributed by atoms with van der Waals surface area (Å²) in [6.45, 7) is 0. The molecule has 3 aromatic carbocycles. The SMILES string of the molecule is O=C1NC(=S)N(c2ccccc2F)C(=O)/C1=C/c1cccn1-c1ccc2ccccc2c1. The van der Waals surface area contributed by atoms with Gasteiger partial charge in [0.25, 0.3) is 11.8 Å². The number of nitrogens with zero attached hydrogens (tertiary/aromatic N) is 2. The highest BCUT2D eigenvalue weighted by atomic mass is 32.1. The molecule has 0 unspecified atom stereocenters. The predicted molar refractivity (Wildman–Crippen MR) is 126 cm³/mol. The first-order chi connectivity index (χ1) is 15.5. The molecule has 1 N–H and O–H groups in total. The Morgan fingerprint density at radius 3 is 2.44 bits per heavy atom. The second kappa shape index (κ2) is 7.86. The van der Waals surface area contributed by atoms with Crippen LogP contribution in [-0.2, 0) is 9.59 Å². The number of thiocarbonyl (C=S) groups is 1. The molecule has 2 amide bonds. The maximum absolute atomic E-state index is 14.3. The average Bonchev–Trinajstić information content (AvgIpc) is 3.26. The van der Waals surface area contributed by atoms with Crippen molar-refractivity contribution < 1.29 is 14.0 Å². The van der Waals surface area contributed by atoms with Gasteiger partial charge < -0.3 is 4.57 Å². The van der Waals surface area contributed by atoms with Gasteiger partial charge in [-0.05, 0) is 65.5 Å². The molecule has 4 aromatic rings. The standard InChI is InChI=1S/C25H16FN3O2S/c26-21-9-3-4-10-22(21)29-24(31)20(23(30)27-25(29)32)15-18-8-5-13-28(18)19-12-11-16-6-1-2-7-17(16)14-19/h1-15H,(H,27,30,32)/b20-15+. The van der Waals surface area contributed by atoms with E-state index in [0.717, 1.165) is 21.4 Å². The van der Waals surface area contributed by atoms with Crippen molar-refractivity contribution in [2.24, 2.45) is 0 Å². The van der Waals surface area contributed by atoms with E-state index in [2.05, 4.69) is 5.32 Å². The van der Waals surface area contributed by atoms with Crippen LogP contribution in [0.25, 0.3) is 22.5 Å². The number of carbonyl (C=O) groups is 2. The lowest BCUT2D eigenvalue weighted by Gasteiger charge is -2.29. The lowest BCUT2D eigenvalue weighted by molar-refractivity contribution is -0.122. The van der Waals surface area contributed by atoms with Gasteiger partial charge in [-0.25, -0.2) is 9.29 Å². The van der Waals surface area contributed by atoms with Crippen molar-refractivity contribution in [3.63, 3.8) is 0 Å². The highest BCUT2D eigenvalue weighted by Gasteiger charge is 2.35. The van der Waals surface area contributed by atoms with Gasteiger partial charge in [0, 0.05) is 17.6 Å². The molecule has 0 spiro atoms. The zero-order valence-electron chi connectivity index (χ0n) is 16.7. The fourth-order valence-corrected chi connectivity index (χ4v) is 4.00. The number of halogens is 1. The molecule has 1 aromatic heterocycles. The Morgan fingerprint density at radius 2 is 1.62 bits per heavy atom. The lowest BCUT2D eigenvalue weighted by atomic mass is 10.1. The van der Waals surface area contributed by atoms with Crippen molar-refractivity contribution in [2.75, 3.05) is 4.90 Å². The number of benzene rings is 3. The van der Waals surface area contributed by atoms with E-state index < -0.39 is 17.6 Å². The van der Waals surface area contributed by atoms with Crippen LogP contribution in [0.1, 0.15) is 5.69 Å². The van der Waals surface area contributed by atoms with Gasteiger partial charge in [0.1, 0.15) is 11.4 Å². The van der Waals surface area contributed by atoms with Gasteiger partial charge in [-0.3, -0.25) is 14.9 Å². The molecule has 1 fully saturated rings. The topological polar surface area (TPSA) is 54.3 Å². The monoisotopic (exact) mass is 441 g/mol. The van der Waals surface area contributed by atoms with Crippen LogP contribution in [0.5, 0.6) is 0 Å². The number of aromatic nitrogens is 1. The Bertz CT molecular complexity index is 1440. The van der Waals surface area contributed by atoms with Gasteiger partial charge in [-0.2, -0.15) is 0 Å². The van der Waals surface area contributed by atoms with E-state index in [-0.39, 0.29) is 16.4 Å². The van der Waals surface area contributed by atoms with E-state index in [9.17, 15) is 14.0 Å². The molecule has 0 bridgehead atoms. The van der Waals surface area contributed by atoms with Crippen molar-refractivity contribution >= 4 is 51.7 Å². The van der Waals surface area contributed by atoms with Gasteiger partial charge >= 0.3 is 0 Å². The number of hydrogen-bond donors (Lipinski definition) is 1. The van der Waals surface area contributed by atoms with Crippen molar-refractivity contribution in [1.29, 1.82) is 0 Å². The van der Waals surface area contributed by atoms with Gasteiger partial charge in [-0.15, -0.1) is 0 Å². The number of amides is 2. The third-order valence-electron chi connectivity index (χ3n) is 5.28. The zero-order chi connectivity index (χ0) is 22.2. The summed E-state index contributed by atoms with van der Waals surface area (Å²) in [4.78, 5) is 26.8. The summed E-state index contributed by atoms with van der Waals surface area (Å²) in [6.07, 6.45) is 3.34. The van der Waals surface area contributed by atoms with Crippen molar-refractivity contribution in [3.8, 4) is 5.69 Å². The molecular formula is C25H16FN3O2S. The number of fused-ring (bicyclic) bond motifs is 1. The fourth-order valence-electron chi connectivity index (χ4n) is 3.73. The maximum Gasteiger partial charge on any atom is 0.270 e. The molecule has 32 heavy (non-hydrogen) atoms. The summed E-state index contributed by atoms with van der Waals surface area (Å²) >= 11 is 5.15. The molecule has 5 rings (SSSR count). The average molecular weight is 441 g/mol. The zero-order valence-corrected chi connectivity index (χ0v) is 17.5. The summed E-state index contributed by atoms with van der Waals surface area (Å²) in [6, 6.07) is 23.4. The van der Waals surface area contributed by atoms with Crippen LogP contribution in [-0.4, -0.2) is 21.5 Å². The minimum Gasteiger partial charge on any atom is -0.317 e. The molecule has 0 atom stereocenters. The number of carbonyl (C=O) groups excluding carboxylic acids is 2. The van der Waals surface area contributed by atoms with Gasteiger partial charge in [0.15, 0.2) is 5.11 Å². The summed E-state index contributed by atoms with van der Waals surface area (Å²) in [7, 11) is 0. The quantitative estimate of drug-likeness (QED) is 0.287. The summed E-state index contributed by atoms with van der Waals surface area (Å²) in [5, 5.41) is 4.50. The smallest absolute Gasteiger partial charge is 0.270 e. The highest BCUT2D eigenvalue weighted by Crippen LogP contribution is 2.26. The second-order valence-corrected chi connectivity index (χ2v) is 7.63. The molecule has 1 aliphatic rings. The van der Waals surface area contributed by atoms with E-state index in [1.54, 1.807) is 12.1 Å². The number of rotatable bonds is 3. The van der Waals surface area contributed by atoms with E-state index in [1.807, 2.05) is 59.3 Å². The van der Waals surface area contributed by atoms with Crippen molar-refractivity contribution in [3.05, 3.63) is 102 Å². The summed E-state index contributed by atoms with van der Waals surface area (Å²) in [5.74, 6) is -1.92. The van der Waals surface area contributed by atoms with Gasteiger partial charge in [-0.1, -0.05) is 42.5 Å². The highest BCUT2D eigenvalue weighted by molar-refractivity contribution is 7.80. The van der Waals surface area contributed by atoms with E-state index in [1.165, 1.54) is 24.3 Å². The van der Waals surface area contributed by atoms with Gasteiger partial charge in [0.05, 0.1) is 5.69 Å². The Labute approximate surface area is 188 Å². The molecule has 7 heteroatoms. The van der Waals surface area contributed by atoms with Gasteiger partial charge in [0.2, 0.25) is 0 Å². The van der Waals surface area contributed by atoms with E-state index in [4.69, 9.17) is 12.2 Å². The first-order valence-electron chi connectivity index (χ1n) is 9.85. The fraction of sp³-hybridized carbons (Fsp3) is 0. The summed E-state index contributed by atoms with van der Waals surface area (Å²) in [5.41, 5.74) is 1.35. The molecule has 1 aliphatic heterocycles. The Morgan fingerprint density at radius 1 is 0.875 bits per heavy atom. The normalized spacial score (nSPS) is 15.5. The Kier molecular flexibility index (Phi) is 4.88. The van der Waals surface area contributed by atoms with Crippen LogP contribution in [0.3, 0.4) is 0 Å². The molecule has 5 nitrogen and oxygen atoms in total. The van der Waals surface area contributed by atoms with Crippen LogP contribution in [0, 0.1) is 5.82 Å². The molecule has 156 valence electrons.